The second-order valence-corrected chi connectivity index (χ2v) is 9.00. The summed E-state index contributed by atoms with van der Waals surface area (Å²) in [6, 6.07) is 8.48. The van der Waals surface area contributed by atoms with Crippen molar-refractivity contribution in [2.45, 2.75) is 44.3 Å². The van der Waals surface area contributed by atoms with E-state index in [2.05, 4.69) is 21.8 Å². The number of fused-ring (bicyclic) bond motifs is 1. The predicted octanol–water partition coefficient (Wildman–Crippen LogP) is 2.36. The van der Waals surface area contributed by atoms with E-state index in [0.29, 0.717) is 34.7 Å². The van der Waals surface area contributed by atoms with Gasteiger partial charge in [0.25, 0.3) is 11.8 Å². The topological polar surface area (TPSA) is 120 Å². The molecule has 9 nitrogen and oxygen atoms in total. The van der Waals surface area contributed by atoms with Gasteiger partial charge in [0, 0.05) is 18.0 Å². The van der Waals surface area contributed by atoms with Crippen LogP contribution in [-0.4, -0.2) is 51.3 Å². The number of nitrogens with zero attached hydrogens (tertiary/aromatic N) is 4. The Hall–Kier alpha value is -3.74. The molecule has 5 rings (SSSR count). The lowest BCUT2D eigenvalue weighted by atomic mass is 10.1. The average Bonchev–Trinajstić information content (AvgIpc) is 3.73. The van der Waals surface area contributed by atoms with Gasteiger partial charge in [-0.05, 0) is 56.9 Å². The van der Waals surface area contributed by atoms with Crippen LogP contribution in [-0.2, 0) is 9.59 Å². The van der Waals surface area contributed by atoms with Gasteiger partial charge >= 0.3 is 0 Å². The van der Waals surface area contributed by atoms with Gasteiger partial charge in [-0.25, -0.2) is 4.39 Å². The summed E-state index contributed by atoms with van der Waals surface area (Å²) in [4.78, 5) is 38.8. The maximum Gasteiger partial charge on any atom is 0.273 e. The molecule has 170 valence electrons. The Kier molecular flexibility index (Phi) is 4.92. The maximum atomic E-state index is 13.9. The molecule has 2 aliphatic carbocycles. The van der Waals surface area contributed by atoms with Crippen molar-refractivity contribution in [1.82, 2.24) is 20.0 Å². The largest absolute Gasteiger partial charge is 0.336 e. The molecule has 1 aliphatic heterocycles. The number of halogens is 1. The van der Waals surface area contributed by atoms with E-state index in [1.807, 2.05) is 6.92 Å². The first-order chi connectivity index (χ1) is 15.8. The molecule has 1 aromatic carbocycles. The molecule has 0 saturated heterocycles. The Morgan fingerprint density at radius 1 is 1.30 bits per heavy atom. The van der Waals surface area contributed by atoms with Gasteiger partial charge in [0.1, 0.15) is 5.69 Å². The number of anilines is 1. The Bertz CT molecular complexity index is 1210. The number of rotatable bonds is 6. The van der Waals surface area contributed by atoms with Crippen molar-refractivity contribution in [3.63, 3.8) is 0 Å². The number of amides is 3. The third-order valence-corrected chi connectivity index (χ3v) is 6.30. The zero-order chi connectivity index (χ0) is 23.3. The van der Waals surface area contributed by atoms with Gasteiger partial charge in [-0.3, -0.25) is 19.1 Å². The molecule has 1 aromatic heterocycles. The van der Waals surface area contributed by atoms with Crippen LogP contribution in [0, 0.1) is 17.2 Å². The lowest BCUT2D eigenvalue weighted by Gasteiger charge is -2.31. The molecule has 2 saturated carbocycles. The molecule has 2 fully saturated rings. The SMILES string of the molecule is C[C@H]1CN(CNC(=O)C2(F)CC2)C(=O)c2cc(-c3ccc(C#N)cc3NC(=O)C3CC3)nn21. The van der Waals surface area contributed by atoms with E-state index in [9.17, 15) is 24.0 Å². The van der Waals surface area contributed by atoms with E-state index in [4.69, 9.17) is 0 Å². The molecule has 0 radical (unpaired) electrons. The summed E-state index contributed by atoms with van der Waals surface area (Å²) in [7, 11) is 0. The highest BCUT2D eigenvalue weighted by atomic mass is 19.1. The molecule has 3 amide bonds. The quantitative estimate of drug-likeness (QED) is 0.700. The van der Waals surface area contributed by atoms with Crippen LogP contribution in [0.25, 0.3) is 11.3 Å². The summed E-state index contributed by atoms with van der Waals surface area (Å²) in [6.07, 6.45) is 2.12. The van der Waals surface area contributed by atoms with Crippen molar-refractivity contribution in [3.05, 3.63) is 35.5 Å². The summed E-state index contributed by atoms with van der Waals surface area (Å²) in [6.45, 7) is 2.13. The molecule has 1 atom stereocenters. The molecule has 3 aliphatic rings. The molecule has 33 heavy (non-hydrogen) atoms. The smallest absolute Gasteiger partial charge is 0.273 e. The number of carbonyl (C=O) groups is 3. The van der Waals surface area contributed by atoms with E-state index in [-0.39, 0.29) is 43.3 Å². The number of nitrogens with one attached hydrogen (secondary N) is 2. The van der Waals surface area contributed by atoms with Crippen LogP contribution in [0.1, 0.15) is 54.7 Å². The van der Waals surface area contributed by atoms with Gasteiger partial charge in [0.2, 0.25) is 5.91 Å². The van der Waals surface area contributed by atoms with Crippen LogP contribution < -0.4 is 10.6 Å². The number of hydrogen-bond donors (Lipinski definition) is 2. The van der Waals surface area contributed by atoms with Crippen molar-refractivity contribution < 1.29 is 18.8 Å². The van der Waals surface area contributed by atoms with Gasteiger partial charge in [0.05, 0.1) is 35.7 Å². The van der Waals surface area contributed by atoms with Crippen molar-refractivity contribution in [3.8, 4) is 17.3 Å². The third-order valence-electron chi connectivity index (χ3n) is 6.30. The van der Waals surface area contributed by atoms with Gasteiger partial charge in [0.15, 0.2) is 5.67 Å². The van der Waals surface area contributed by atoms with E-state index >= 15 is 0 Å². The molecule has 0 spiro atoms. The van der Waals surface area contributed by atoms with Crippen LogP contribution in [0.4, 0.5) is 10.1 Å². The van der Waals surface area contributed by atoms with E-state index < -0.39 is 11.6 Å². The van der Waals surface area contributed by atoms with Gasteiger partial charge in [-0.2, -0.15) is 10.4 Å². The highest BCUT2D eigenvalue weighted by molar-refractivity contribution is 5.99. The minimum atomic E-state index is -1.80. The Balaban J connectivity index is 1.40. The summed E-state index contributed by atoms with van der Waals surface area (Å²) >= 11 is 0. The van der Waals surface area contributed by atoms with Gasteiger partial charge in [-0.1, -0.05) is 0 Å². The van der Waals surface area contributed by atoms with Crippen molar-refractivity contribution in [2.75, 3.05) is 18.5 Å². The lowest BCUT2D eigenvalue weighted by molar-refractivity contribution is -0.128. The van der Waals surface area contributed by atoms with Gasteiger partial charge < -0.3 is 15.5 Å². The number of nitriles is 1. The Morgan fingerprint density at radius 3 is 2.73 bits per heavy atom. The van der Waals surface area contributed by atoms with Crippen LogP contribution in [0.5, 0.6) is 0 Å². The van der Waals surface area contributed by atoms with E-state index in [1.54, 1.807) is 28.9 Å². The first-order valence-electron chi connectivity index (χ1n) is 11.0. The molecular weight excluding hydrogens is 427 g/mol. The summed E-state index contributed by atoms with van der Waals surface area (Å²) in [5, 5.41) is 19.3. The number of alkyl halides is 1. The van der Waals surface area contributed by atoms with Crippen molar-refractivity contribution in [1.29, 1.82) is 5.26 Å². The number of hydrogen-bond acceptors (Lipinski definition) is 5. The first-order valence-corrected chi connectivity index (χ1v) is 11.0. The molecule has 2 N–H and O–H groups in total. The predicted molar refractivity (Wildman–Crippen MR) is 116 cm³/mol. The van der Waals surface area contributed by atoms with Crippen LogP contribution in [0.2, 0.25) is 0 Å². The minimum Gasteiger partial charge on any atom is -0.336 e. The molecule has 0 bridgehead atoms. The lowest BCUT2D eigenvalue weighted by Crippen LogP contribution is -2.49. The third kappa shape index (κ3) is 3.95. The monoisotopic (exact) mass is 450 g/mol. The second-order valence-electron chi connectivity index (χ2n) is 9.00. The van der Waals surface area contributed by atoms with Crippen LogP contribution in [0.3, 0.4) is 0 Å². The fourth-order valence-electron chi connectivity index (χ4n) is 3.98. The summed E-state index contributed by atoms with van der Waals surface area (Å²) in [5.41, 5.74) is 0.522. The van der Waals surface area contributed by atoms with Crippen molar-refractivity contribution in [2.24, 2.45) is 5.92 Å². The second kappa shape index (κ2) is 7.69. The zero-order valence-corrected chi connectivity index (χ0v) is 18.1. The standard InChI is InChI=1S/C23H23FN6O3/c1-13-11-29(12-26-22(33)23(24)6-7-23)21(32)19-9-18(28-30(13)19)16-5-2-14(10-25)8-17(16)27-20(31)15-3-4-15/h2,5,8-9,13,15H,3-4,6-7,11-12H2,1H3,(H,26,33)(H,27,31)/t13-/m0/s1. The van der Waals surface area contributed by atoms with Crippen LogP contribution >= 0.6 is 0 Å². The fraction of sp³-hybridized carbons (Fsp3) is 0.435. The number of aromatic nitrogens is 2. The molecular formula is C23H23FN6O3. The highest BCUT2D eigenvalue weighted by Crippen LogP contribution is 2.40. The molecule has 0 unspecified atom stereocenters. The van der Waals surface area contributed by atoms with E-state index in [1.165, 1.54) is 4.90 Å². The fourth-order valence-corrected chi connectivity index (χ4v) is 3.98. The Morgan fingerprint density at radius 2 is 2.06 bits per heavy atom. The van der Waals surface area contributed by atoms with Crippen LogP contribution in [0.15, 0.2) is 24.3 Å². The molecule has 10 heteroatoms. The average molecular weight is 450 g/mol. The first kappa shape index (κ1) is 21.1. The maximum absolute atomic E-state index is 13.9. The summed E-state index contributed by atoms with van der Waals surface area (Å²) in [5.74, 6) is -1.12. The van der Waals surface area contributed by atoms with Gasteiger partial charge in [-0.15, -0.1) is 0 Å². The molecule has 2 heterocycles. The number of benzene rings is 1. The minimum absolute atomic E-state index is 0.0109. The molecule has 2 aromatic rings. The zero-order valence-electron chi connectivity index (χ0n) is 18.1. The Labute approximate surface area is 189 Å². The summed E-state index contributed by atoms with van der Waals surface area (Å²) < 4.78 is 15.5. The van der Waals surface area contributed by atoms with E-state index in [0.717, 1.165) is 12.8 Å². The normalized spacial score (nSPS) is 20.6. The number of carbonyl (C=O) groups excluding carboxylic acids is 3. The highest BCUT2D eigenvalue weighted by Gasteiger charge is 2.51. The van der Waals surface area contributed by atoms with Crippen molar-refractivity contribution >= 4 is 23.4 Å².